The van der Waals surface area contributed by atoms with Gasteiger partial charge >= 0.3 is 0 Å². The van der Waals surface area contributed by atoms with Gasteiger partial charge in [0.15, 0.2) is 0 Å². The van der Waals surface area contributed by atoms with Gasteiger partial charge in [-0.3, -0.25) is 14.5 Å². The second kappa shape index (κ2) is 7.75. The molecule has 2 saturated heterocycles. The highest BCUT2D eigenvalue weighted by atomic mass is 16.5. The number of nitrogens with zero attached hydrogens (tertiary/aromatic N) is 4. The number of aromatic nitrogens is 2. The summed E-state index contributed by atoms with van der Waals surface area (Å²) in [5.41, 5.74) is 2.31. The molecule has 23 heavy (non-hydrogen) atoms. The van der Waals surface area contributed by atoms with Crippen molar-refractivity contribution >= 4 is 0 Å². The van der Waals surface area contributed by atoms with Crippen LogP contribution in [0, 0.1) is 13.8 Å². The van der Waals surface area contributed by atoms with Gasteiger partial charge in [0.25, 0.3) is 0 Å². The summed E-state index contributed by atoms with van der Waals surface area (Å²) in [6.07, 6.45) is 2.13. The molecule has 130 valence electrons. The monoisotopic (exact) mass is 322 g/mol. The predicted molar refractivity (Wildman–Crippen MR) is 89.6 cm³/mol. The molecule has 0 amide bonds. The van der Waals surface area contributed by atoms with E-state index >= 15 is 0 Å². The lowest BCUT2D eigenvalue weighted by Crippen LogP contribution is -2.46. The maximum absolute atomic E-state index is 10.5. The molecular weight excluding hydrogens is 292 g/mol. The molecule has 1 aromatic heterocycles. The Morgan fingerprint density at radius 1 is 1.26 bits per heavy atom. The van der Waals surface area contributed by atoms with Crippen molar-refractivity contribution in [2.45, 2.75) is 45.4 Å². The zero-order valence-corrected chi connectivity index (χ0v) is 14.4. The number of aliphatic hydroxyl groups excluding tert-OH is 1. The van der Waals surface area contributed by atoms with E-state index < -0.39 is 0 Å². The third-order valence-corrected chi connectivity index (χ3v) is 5.00. The highest BCUT2D eigenvalue weighted by Gasteiger charge is 2.28. The molecule has 1 aromatic rings. The minimum Gasteiger partial charge on any atom is -0.390 e. The standard InChI is InChI=1S/C17H30N4O2/c1-14-10-15(2)21(18-14)11-16-4-3-5-20(16)13-17(22)12-19-6-8-23-9-7-19/h10,16-17,22H,3-9,11-13H2,1-2H3. The van der Waals surface area contributed by atoms with Crippen molar-refractivity contribution in [1.82, 2.24) is 19.6 Å². The highest BCUT2D eigenvalue weighted by molar-refractivity contribution is 5.07. The van der Waals surface area contributed by atoms with E-state index in [0.29, 0.717) is 6.04 Å². The number of morpholine rings is 1. The lowest BCUT2D eigenvalue weighted by Gasteiger charge is -2.32. The molecule has 0 spiro atoms. The van der Waals surface area contributed by atoms with Crippen molar-refractivity contribution in [3.8, 4) is 0 Å². The van der Waals surface area contributed by atoms with Gasteiger partial charge in [0.1, 0.15) is 0 Å². The summed E-state index contributed by atoms with van der Waals surface area (Å²) in [4.78, 5) is 4.75. The summed E-state index contributed by atoms with van der Waals surface area (Å²) < 4.78 is 7.49. The van der Waals surface area contributed by atoms with Gasteiger partial charge in [0.2, 0.25) is 0 Å². The van der Waals surface area contributed by atoms with Crippen molar-refractivity contribution in [3.63, 3.8) is 0 Å². The molecule has 0 aliphatic carbocycles. The van der Waals surface area contributed by atoms with Gasteiger partial charge in [-0.25, -0.2) is 0 Å². The fraction of sp³-hybridized carbons (Fsp3) is 0.824. The Hall–Kier alpha value is -0.950. The molecule has 6 heteroatoms. The highest BCUT2D eigenvalue weighted by Crippen LogP contribution is 2.20. The fourth-order valence-corrected chi connectivity index (χ4v) is 3.81. The number of β-amino-alcohol motifs (C(OH)–C–C–N with tert-alkyl or cyclic N) is 1. The summed E-state index contributed by atoms with van der Waals surface area (Å²) in [6, 6.07) is 2.62. The molecule has 0 aromatic carbocycles. The van der Waals surface area contributed by atoms with Crippen molar-refractivity contribution in [2.24, 2.45) is 0 Å². The summed E-state index contributed by atoms with van der Waals surface area (Å²) >= 11 is 0. The number of ether oxygens (including phenoxy) is 1. The van der Waals surface area contributed by atoms with Crippen molar-refractivity contribution in [3.05, 3.63) is 17.5 Å². The van der Waals surface area contributed by atoms with Gasteiger partial charge in [-0.2, -0.15) is 5.10 Å². The van der Waals surface area contributed by atoms with Crippen LogP contribution >= 0.6 is 0 Å². The van der Waals surface area contributed by atoms with Gasteiger partial charge in [-0.1, -0.05) is 0 Å². The molecule has 2 unspecified atom stereocenters. The van der Waals surface area contributed by atoms with E-state index in [2.05, 4.69) is 32.6 Å². The first kappa shape index (κ1) is 16.9. The average molecular weight is 322 g/mol. The third kappa shape index (κ3) is 4.53. The fourth-order valence-electron chi connectivity index (χ4n) is 3.81. The first-order valence-corrected chi connectivity index (χ1v) is 8.85. The van der Waals surface area contributed by atoms with Crippen LogP contribution in [0.4, 0.5) is 0 Å². The largest absolute Gasteiger partial charge is 0.390 e. The van der Waals surface area contributed by atoms with Crippen LogP contribution in [-0.4, -0.2) is 82.8 Å². The van der Waals surface area contributed by atoms with Gasteiger partial charge in [0.05, 0.1) is 31.6 Å². The van der Waals surface area contributed by atoms with E-state index in [0.717, 1.165) is 58.2 Å². The number of rotatable bonds is 6. The van der Waals surface area contributed by atoms with E-state index in [9.17, 15) is 5.11 Å². The van der Waals surface area contributed by atoms with Crippen LogP contribution in [0.25, 0.3) is 0 Å². The molecule has 0 bridgehead atoms. The van der Waals surface area contributed by atoms with Crippen LogP contribution in [0.2, 0.25) is 0 Å². The minimum atomic E-state index is -0.283. The SMILES string of the molecule is Cc1cc(C)n(CC2CCCN2CC(O)CN2CCOCC2)n1. The maximum Gasteiger partial charge on any atom is 0.0793 e. The number of hydrogen-bond acceptors (Lipinski definition) is 5. The van der Waals surface area contributed by atoms with E-state index in [1.54, 1.807) is 0 Å². The Morgan fingerprint density at radius 3 is 2.74 bits per heavy atom. The van der Waals surface area contributed by atoms with Crippen molar-refractivity contribution in [2.75, 3.05) is 45.9 Å². The Labute approximate surface area is 139 Å². The van der Waals surface area contributed by atoms with Crippen LogP contribution in [0.15, 0.2) is 6.07 Å². The number of aliphatic hydroxyl groups is 1. The number of hydrogen-bond donors (Lipinski definition) is 1. The molecule has 2 fully saturated rings. The van der Waals surface area contributed by atoms with Crippen LogP contribution < -0.4 is 0 Å². The first-order chi connectivity index (χ1) is 11.1. The summed E-state index contributed by atoms with van der Waals surface area (Å²) in [6.45, 7) is 11.2. The molecule has 0 radical (unpaired) electrons. The number of aryl methyl sites for hydroxylation is 2. The summed E-state index contributed by atoms with van der Waals surface area (Å²) in [5, 5.41) is 15.0. The van der Waals surface area contributed by atoms with Crippen molar-refractivity contribution < 1.29 is 9.84 Å². The Morgan fingerprint density at radius 2 is 2.04 bits per heavy atom. The normalized spacial score (nSPS) is 25.1. The van der Waals surface area contributed by atoms with Crippen LogP contribution in [-0.2, 0) is 11.3 Å². The smallest absolute Gasteiger partial charge is 0.0793 e. The van der Waals surface area contributed by atoms with Crippen LogP contribution in [0.3, 0.4) is 0 Å². The lowest BCUT2D eigenvalue weighted by molar-refractivity contribution is 0.00529. The maximum atomic E-state index is 10.5. The van der Waals surface area contributed by atoms with E-state index in [1.807, 2.05) is 6.92 Å². The average Bonchev–Trinajstić information content (AvgIpc) is 3.07. The molecule has 2 aliphatic heterocycles. The molecule has 2 atom stereocenters. The molecule has 2 aliphatic rings. The second-order valence-electron chi connectivity index (χ2n) is 6.97. The number of likely N-dealkylation sites (tertiary alicyclic amines) is 1. The Kier molecular flexibility index (Phi) is 5.69. The molecule has 3 rings (SSSR count). The van der Waals surface area contributed by atoms with E-state index in [-0.39, 0.29) is 6.10 Å². The molecule has 3 heterocycles. The topological polar surface area (TPSA) is 53.8 Å². The van der Waals surface area contributed by atoms with E-state index in [4.69, 9.17) is 4.74 Å². The summed E-state index contributed by atoms with van der Waals surface area (Å²) in [7, 11) is 0. The van der Waals surface area contributed by atoms with E-state index in [1.165, 1.54) is 18.5 Å². The zero-order valence-electron chi connectivity index (χ0n) is 14.4. The Balaban J connectivity index is 1.51. The first-order valence-electron chi connectivity index (χ1n) is 8.85. The Bertz CT molecular complexity index is 499. The molecular formula is C17H30N4O2. The minimum absolute atomic E-state index is 0.283. The molecule has 1 N–H and O–H groups in total. The quantitative estimate of drug-likeness (QED) is 0.834. The zero-order chi connectivity index (χ0) is 16.2. The molecule has 0 saturated carbocycles. The third-order valence-electron chi connectivity index (χ3n) is 5.00. The summed E-state index contributed by atoms with van der Waals surface area (Å²) in [5.74, 6) is 0. The lowest BCUT2D eigenvalue weighted by atomic mass is 10.2. The van der Waals surface area contributed by atoms with Crippen LogP contribution in [0.5, 0.6) is 0 Å². The van der Waals surface area contributed by atoms with Crippen molar-refractivity contribution in [1.29, 1.82) is 0 Å². The van der Waals surface area contributed by atoms with Crippen LogP contribution in [0.1, 0.15) is 24.2 Å². The van der Waals surface area contributed by atoms with Gasteiger partial charge < -0.3 is 9.84 Å². The predicted octanol–water partition coefficient (Wildman–Crippen LogP) is 0.657. The van der Waals surface area contributed by atoms with Gasteiger partial charge in [-0.05, 0) is 39.3 Å². The second-order valence-corrected chi connectivity index (χ2v) is 6.97. The molecule has 6 nitrogen and oxygen atoms in total. The van der Waals surface area contributed by atoms with Gasteiger partial charge in [-0.15, -0.1) is 0 Å². The van der Waals surface area contributed by atoms with Gasteiger partial charge in [0, 0.05) is 37.9 Å².